The number of carbonyl (C=O) groups is 1. The Morgan fingerprint density at radius 3 is 2.45 bits per heavy atom. The molecule has 158 valence electrons. The number of rotatable bonds is 8. The highest BCUT2D eigenvalue weighted by atomic mass is 32.2. The molecule has 0 saturated carbocycles. The van der Waals surface area contributed by atoms with Gasteiger partial charge in [0.2, 0.25) is 15.9 Å². The van der Waals surface area contributed by atoms with Crippen molar-refractivity contribution in [1.29, 1.82) is 0 Å². The van der Waals surface area contributed by atoms with Gasteiger partial charge in [-0.1, -0.05) is 0 Å². The summed E-state index contributed by atoms with van der Waals surface area (Å²) in [5.74, 6) is 0.588. The fourth-order valence-electron chi connectivity index (χ4n) is 3.56. The van der Waals surface area contributed by atoms with E-state index in [4.69, 9.17) is 4.74 Å². The van der Waals surface area contributed by atoms with Crippen molar-refractivity contribution in [3.8, 4) is 5.75 Å². The normalized spacial score (nSPS) is 14.9. The second-order valence-electron chi connectivity index (χ2n) is 7.09. The molecule has 0 spiro atoms. The summed E-state index contributed by atoms with van der Waals surface area (Å²) in [5, 5.41) is 7.21. The number of sulfonamides is 1. The Balaban J connectivity index is 1.64. The topological polar surface area (TPSA) is 93.5 Å². The van der Waals surface area contributed by atoms with Crippen LogP contribution in [-0.4, -0.2) is 48.1 Å². The molecule has 0 bridgehead atoms. The van der Waals surface area contributed by atoms with E-state index in [0.717, 1.165) is 18.6 Å². The van der Waals surface area contributed by atoms with Crippen LogP contribution >= 0.6 is 0 Å². The largest absolute Gasteiger partial charge is 0.494 e. The number of ether oxygens (including phenoxy) is 1. The lowest BCUT2D eigenvalue weighted by Gasteiger charge is -2.15. The van der Waals surface area contributed by atoms with Gasteiger partial charge in [0.1, 0.15) is 10.6 Å². The van der Waals surface area contributed by atoms with Crippen molar-refractivity contribution < 1.29 is 17.9 Å². The number of nitrogens with one attached hydrogen (secondary N) is 1. The van der Waals surface area contributed by atoms with E-state index in [1.54, 1.807) is 42.8 Å². The Bertz CT molecular complexity index is 961. The van der Waals surface area contributed by atoms with E-state index in [1.807, 2.05) is 6.92 Å². The Morgan fingerprint density at radius 1 is 1.17 bits per heavy atom. The molecule has 1 aliphatic heterocycles. The summed E-state index contributed by atoms with van der Waals surface area (Å²) in [6, 6.07) is 7.17. The highest BCUT2D eigenvalue weighted by Gasteiger charge is 2.32. The summed E-state index contributed by atoms with van der Waals surface area (Å²) in [6.07, 6.45) is 1.97. The van der Waals surface area contributed by atoms with Gasteiger partial charge in [-0.3, -0.25) is 9.48 Å². The van der Waals surface area contributed by atoms with Gasteiger partial charge in [0, 0.05) is 25.2 Å². The molecule has 2 heterocycles. The molecule has 1 aromatic heterocycles. The van der Waals surface area contributed by atoms with Gasteiger partial charge in [-0.15, -0.1) is 0 Å². The quantitative estimate of drug-likeness (QED) is 0.709. The molecule has 1 N–H and O–H groups in total. The lowest BCUT2D eigenvalue weighted by atomic mass is 10.3. The third-order valence-corrected chi connectivity index (χ3v) is 7.13. The fraction of sp³-hybridized carbons (Fsp3) is 0.500. The zero-order chi connectivity index (χ0) is 21.0. The van der Waals surface area contributed by atoms with Crippen LogP contribution in [-0.2, 0) is 21.4 Å². The molecule has 0 unspecified atom stereocenters. The van der Waals surface area contributed by atoms with Crippen molar-refractivity contribution in [3.05, 3.63) is 35.7 Å². The van der Waals surface area contributed by atoms with Crippen LogP contribution in [0.3, 0.4) is 0 Å². The molecular weight excluding hydrogens is 392 g/mol. The SMILES string of the molecule is CCOc1ccc(NC(=O)CCn2nc(C)c(S(=O)(=O)N3CCCC3)c2C)cc1. The van der Waals surface area contributed by atoms with E-state index >= 15 is 0 Å². The maximum absolute atomic E-state index is 12.9. The molecule has 8 nitrogen and oxygen atoms in total. The fourth-order valence-corrected chi connectivity index (χ4v) is 5.45. The van der Waals surface area contributed by atoms with Crippen LogP contribution in [0.5, 0.6) is 5.75 Å². The molecule has 0 aliphatic carbocycles. The van der Waals surface area contributed by atoms with Crippen LogP contribution in [0.1, 0.15) is 37.6 Å². The van der Waals surface area contributed by atoms with Crippen LogP contribution in [0.4, 0.5) is 5.69 Å². The average Bonchev–Trinajstić information content (AvgIpc) is 3.31. The molecule has 1 aromatic carbocycles. The first-order valence-corrected chi connectivity index (χ1v) is 11.3. The zero-order valence-corrected chi connectivity index (χ0v) is 18.0. The van der Waals surface area contributed by atoms with Gasteiger partial charge in [0.15, 0.2) is 0 Å². The van der Waals surface area contributed by atoms with Gasteiger partial charge in [-0.05, 0) is 57.9 Å². The number of carbonyl (C=O) groups excluding carboxylic acids is 1. The van der Waals surface area contributed by atoms with Gasteiger partial charge < -0.3 is 10.1 Å². The molecule has 3 rings (SSSR count). The molecular formula is C20H28N4O4S. The Labute approximate surface area is 171 Å². The lowest BCUT2D eigenvalue weighted by Crippen LogP contribution is -2.28. The molecule has 1 saturated heterocycles. The molecule has 0 radical (unpaired) electrons. The van der Waals surface area contributed by atoms with Crippen LogP contribution in [0, 0.1) is 13.8 Å². The molecule has 1 aliphatic rings. The standard InChI is InChI=1S/C20H28N4O4S/c1-4-28-18-9-7-17(8-10-18)21-19(25)11-14-24-16(3)20(15(2)22-24)29(26,27)23-12-5-6-13-23/h7-10H,4-6,11-14H2,1-3H3,(H,21,25). The van der Waals surface area contributed by atoms with E-state index in [1.165, 1.54) is 4.31 Å². The van der Waals surface area contributed by atoms with E-state index in [0.29, 0.717) is 43.3 Å². The average molecular weight is 421 g/mol. The first-order valence-electron chi connectivity index (χ1n) is 9.89. The van der Waals surface area contributed by atoms with Crippen molar-refractivity contribution in [1.82, 2.24) is 14.1 Å². The third-order valence-electron chi connectivity index (χ3n) is 4.98. The van der Waals surface area contributed by atoms with Crippen LogP contribution in [0.25, 0.3) is 0 Å². The summed E-state index contributed by atoms with van der Waals surface area (Å²) in [6.45, 7) is 7.36. The number of hydrogen-bond acceptors (Lipinski definition) is 5. The number of aromatic nitrogens is 2. The van der Waals surface area contributed by atoms with Gasteiger partial charge in [-0.2, -0.15) is 9.40 Å². The van der Waals surface area contributed by atoms with Gasteiger partial charge in [0.25, 0.3) is 0 Å². The first kappa shape index (κ1) is 21.3. The number of nitrogens with zero attached hydrogens (tertiary/aromatic N) is 3. The summed E-state index contributed by atoms with van der Waals surface area (Å²) >= 11 is 0. The maximum Gasteiger partial charge on any atom is 0.246 e. The lowest BCUT2D eigenvalue weighted by molar-refractivity contribution is -0.116. The Morgan fingerprint density at radius 2 is 1.83 bits per heavy atom. The molecule has 9 heteroatoms. The summed E-state index contributed by atoms with van der Waals surface area (Å²) in [7, 11) is -3.54. The van der Waals surface area contributed by atoms with Crippen molar-refractivity contribution >= 4 is 21.6 Å². The Kier molecular flexibility index (Phi) is 6.59. The second-order valence-corrected chi connectivity index (χ2v) is 8.96. The Hall–Kier alpha value is -2.39. The smallest absolute Gasteiger partial charge is 0.246 e. The third kappa shape index (κ3) is 4.79. The summed E-state index contributed by atoms with van der Waals surface area (Å²) in [5.41, 5.74) is 1.73. The number of amides is 1. The highest BCUT2D eigenvalue weighted by molar-refractivity contribution is 7.89. The van der Waals surface area contributed by atoms with E-state index in [9.17, 15) is 13.2 Å². The monoisotopic (exact) mass is 420 g/mol. The highest BCUT2D eigenvalue weighted by Crippen LogP contribution is 2.26. The van der Waals surface area contributed by atoms with Crippen molar-refractivity contribution in [2.24, 2.45) is 0 Å². The van der Waals surface area contributed by atoms with Gasteiger partial charge >= 0.3 is 0 Å². The predicted molar refractivity (Wildman–Crippen MR) is 111 cm³/mol. The van der Waals surface area contributed by atoms with Crippen molar-refractivity contribution in [2.75, 3.05) is 25.0 Å². The minimum atomic E-state index is -3.54. The first-order chi connectivity index (χ1) is 13.8. The number of hydrogen-bond donors (Lipinski definition) is 1. The maximum atomic E-state index is 12.9. The molecule has 1 fully saturated rings. The van der Waals surface area contributed by atoms with E-state index < -0.39 is 10.0 Å². The van der Waals surface area contributed by atoms with Crippen LogP contribution < -0.4 is 10.1 Å². The number of benzene rings is 1. The second kappa shape index (κ2) is 8.96. The van der Waals surface area contributed by atoms with E-state index in [2.05, 4.69) is 10.4 Å². The van der Waals surface area contributed by atoms with Crippen LogP contribution in [0.15, 0.2) is 29.2 Å². The van der Waals surface area contributed by atoms with Gasteiger partial charge in [-0.25, -0.2) is 8.42 Å². The summed E-state index contributed by atoms with van der Waals surface area (Å²) in [4.78, 5) is 12.6. The molecule has 29 heavy (non-hydrogen) atoms. The van der Waals surface area contributed by atoms with Gasteiger partial charge in [0.05, 0.1) is 24.5 Å². The molecule has 2 aromatic rings. The van der Waals surface area contributed by atoms with E-state index in [-0.39, 0.29) is 17.2 Å². The minimum Gasteiger partial charge on any atom is -0.494 e. The zero-order valence-electron chi connectivity index (χ0n) is 17.1. The van der Waals surface area contributed by atoms with Crippen LogP contribution in [0.2, 0.25) is 0 Å². The van der Waals surface area contributed by atoms with Crippen molar-refractivity contribution in [3.63, 3.8) is 0 Å². The van der Waals surface area contributed by atoms with Crippen molar-refractivity contribution in [2.45, 2.75) is 51.5 Å². The molecule has 0 atom stereocenters. The molecule has 1 amide bonds. The summed E-state index contributed by atoms with van der Waals surface area (Å²) < 4.78 is 34.4. The minimum absolute atomic E-state index is 0.161. The predicted octanol–water partition coefficient (Wildman–Crippen LogP) is 2.71. The number of aryl methyl sites for hydroxylation is 2. The number of anilines is 1.